The number of benzene rings is 1. The highest BCUT2D eigenvalue weighted by molar-refractivity contribution is 5.87. The van der Waals surface area contributed by atoms with Crippen LogP contribution in [0, 0.1) is 0 Å². The van der Waals surface area contributed by atoms with Crippen molar-refractivity contribution in [2.75, 3.05) is 6.54 Å². The lowest BCUT2D eigenvalue weighted by Gasteiger charge is -2.36. The number of hydrogen-bond acceptors (Lipinski definition) is 4. The Morgan fingerprint density at radius 3 is 1.62 bits per heavy atom. The average molecular weight is 473 g/mol. The van der Waals surface area contributed by atoms with Gasteiger partial charge in [-0.15, -0.1) is 0 Å². The molecule has 1 aromatic rings. The van der Waals surface area contributed by atoms with Crippen LogP contribution in [0.2, 0.25) is 0 Å². The van der Waals surface area contributed by atoms with Crippen LogP contribution >= 0.6 is 0 Å². The molecule has 190 valence electrons. The van der Waals surface area contributed by atoms with E-state index in [1.807, 2.05) is 37.3 Å². The second kappa shape index (κ2) is 16.3. The van der Waals surface area contributed by atoms with Crippen LogP contribution in [0.25, 0.3) is 0 Å². The molecule has 1 atom stereocenters. The van der Waals surface area contributed by atoms with E-state index in [0.717, 1.165) is 24.8 Å². The van der Waals surface area contributed by atoms with Gasteiger partial charge in [-0.3, -0.25) is 0 Å². The molecule has 5 heteroatoms. The van der Waals surface area contributed by atoms with Crippen LogP contribution in [0.4, 0.5) is 0 Å². The molecule has 0 aliphatic carbocycles. The summed E-state index contributed by atoms with van der Waals surface area (Å²) in [6.07, 6.45) is 13.1. The molecule has 0 saturated carbocycles. The Balaban J connectivity index is 2.94. The Labute approximate surface area is 207 Å². The topological polar surface area (TPSA) is 52.6 Å². The summed E-state index contributed by atoms with van der Waals surface area (Å²) in [6, 6.07) is 9.49. The van der Waals surface area contributed by atoms with Crippen LogP contribution < -0.4 is 0 Å². The first-order valence-electron chi connectivity index (χ1n) is 13.0. The number of unbranched alkanes of at least 4 members (excludes halogenated alkanes) is 9. The molecule has 5 nitrogen and oxygen atoms in total. The van der Waals surface area contributed by atoms with E-state index in [4.69, 9.17) is 9.68 Å². The van der Waals surface area contributed by atoms with Gasteiger partial charge in [0, 0.05) is 23.1 Å². The molecule has 0 aliphatic heterocycles. The zero-order valence-electron chi connectivity index (χ0n) is 21.9. The molecule has 0 aliphatic rings. The molecular formula is C29H46NO4+. The van der Waals surface area contributed by atoms with E-state index in [1.165, 1.54) is 51.4 Å². The average Bonchev–Trinajstić information content (AvgIpc) is 2.82. The van der Waals surface area contributed by atoms with Gasteiger partial charge in [-0.1, -0.05) is 108 Å². The van der Waals surface area contributed by atoms with Crippen molar-refractivity contribution in [3.8, 4) is 0 Å². The highest BCUT2D eigenvalue weighted by atomic mass is 17.0. The summed E-state index contributed by atoms with van der Waals surface area (Å²) in [7, 11) is 0. The Morgan fingerprint density at radius 2 is 1.21 bits per heavy atom. The maximum Gasteiger partial charge on any atom is 0.398 e. The SMILES string of the molecule is C=C(C)C(=O)O[N+](CC)(OC(=O)C(=C)C)C(CCCCCCCCCCCC)c1ccccc1. The summed E-state index contributed by atoms with van der Waals surface area (Å²) in [4.78, 5) is 36.3. The van der Waals surface area contributed by atoms with Crippen LogP contribution in [0.1, 0.15) is 110 Å². The number of hydroxylamine groups is 4. The Bertz CT molecular complexity index is 744. The van der Waals surface area contributed by atoms with Crippen LogP contribution in [0.5, 0.6) is 0 Å². The van der Waals surface area contributed by atoms with E-state index < -0.39 is 16.7 Å². The van der Waals surface area contributed by atoms with Gasteiger partial charge >= 0.3 is 11.9 Å². The van der Waals surface area contributed by atoms with Crippen LogP contribution in [-0.4, -0.2) is 23.3 Å². The minimum Gasteiger partial charge on any atom is -0.240 e. The van der Waals surface area contributed by atoms with Crippen molar-refractivity contribution in [1.29, 1.82) is 0 Å². The van der Waals surface area contributed by atoms with Crippen molar-refractivity contribution in [1.82, 2.24) is 0 Å². The normalized spacial score (nSPS) is 12.1. The predicted octanol–water partition coefficient (Wildman–Crippen LogP) is 7.94. The molecule has 1 rings (SSSR count). The molecule has 0 bridgehead atoms. The molecule has 0 radical (unpaired) electrons. The van der Waals surface area contributed by atoms with Gasteiger partial charge in [0.25, 0.3) is 0 Å². The van der Waals surface area contributed by atoms with Crippen molar-refractivity contribution in [2.24, 2.45) is 0 Å². The van der Waals surface area contributed by atoms with Crippen molar-refractivity contribution in [3.05, 3.63) is 60.2 Å². The fourth-order valence-electron chi connectivity index (χ4n) is 4.02. The first-order valence-corrected chi connectivity index (χ1v) is 13.0. The lowest BCUT2D eigenvalue weighted by atomic mass is 9.98. The van der Waals surface area contributed by atoms with Gasteiger partial charge < -0.3 is 0 Å². The zero-order valence-corrected chi connectivity index (χ0v) is 21.9. The molecule has 0 amide bonds. The molecule has 0 fully saturated rings. The number of hydrogen-bond donors (Lipinski definition) is 0. The second-order valence-electron chi connectivity index (χ2n) is 9.26. The third-order valence-electron chi connectivity index (χ3n) is 6.10. The second-order valence-corrected chi connectivity index (χ2v) is 9.26. The van der Waals surface area contributed by atoms with Gasteiger partial charge in [0.05, 0.1) is 4.81 Å². The lowest BCUT2D eigenvalue weighted by Crippen LogP contribution is -2.53. The summed E-state index contributed by atoms with van der Waals surface area (Å²) in [5.41, 5.74) is 1.48. The lowest BCUT2D eigenvalue weighted by molar-refractivity contribution is -1.24. The summed E-state index contributed by atoms with van der Waals surface area (Å²) in [5.74, 6) is -1.17. The third kappa shape index (κ3) is 10.3. The molecule has 0 N–H and O–H groups in total. The van der Waals surface area contributed by atoms with Gasteiger partial charge in [-0.2, -0.15) is 0 Å². The van der Waals surface area contributed by atoms with E-state index in [0.29, 0.717) is 0 Å². The van der Waals surface area contributed by atoms with Crippen molar-refractivity contribution < 1.29 is 24.1 Å². The highest BCUT2D eigenvalue weighted by Crippen LogP contribution is 2.36. The molecule has 1 unspecified atom stereocenters. The number of carbonyl (C=O) groups excluding carboxylic acids is 2. The third-order valence-corrected chi connectivity index (χ3v) is 6.10. The number of carbonyl (C=O) groups is 2. The Morgan fingerprint density at radius 1 is 0.765 bits per heavy atom. The molecular weight excluding hydrogens is 426 g/mol. The molecule has 0 heterocycles. The summed E-state index contributed by atoms with van der Waals surface area (Å²) >= 11 is 0. The quantitative estimate of drug-likeness (QED) is 0.0941. The summed E-state index contributed by atoms with van der Waals surface area (Å²) in [5, 5.41) is 0. The molecule has 0 spiro atoms. The van der Waals surface area contributed by atoms with E-state index in [1.54, 1.807) is 13.8 Å². The minimum atomic E-state index is -0.583. The monoisotopic (exact) mass is 472 g/mol. The van der Waals surface area contributed by atoms with Crippen molar-refractivity contribution in [3.63, 3.8) is 0 Å². The number of rotatable bonds is 18. The van der Waals surface area contributed by atoms with E-state index >= 15 is 0 Å². The Kier molecular flexibility index (Phi) is 14.2. The minimum absolute atomic E-state index is 0.257. The maximum absolute atomic E-state index is 12.6. The standard InChI is InChI=1S/C29H46NO4/c1-7-9-10-11-12-13-14-15-16-20-23-27(26-21-18-17-19-22-26)30(8-2,33-28(31)24(3)4)34-29(32)25(5)6/h17-19,21-22,27H,3,5,7-16,20,23H2,1-2,4,6H3/q+1. The maximum atomic E-state index is 12.6. The van der Waals surface area contributed by atoms with Crippen LogP contribution in [0.15, 0.2) is 54.6 Å². The van der Waals surface area contributed by atoms with Gasteiger partial charge in [-0.25, -0.2) is 19.3 Å². The summed E-state index contributed by atoms with van der Waals surface area (Å²) < 4.78 is 0. The van der Waals surface area contributed by atoms with Gasteiger partial charge in [0.15, 0.2) is 12.6 Å². The molecule has 0 aromatic heterocycles. The van der Waals surface area contributed by atoms with E-state index in [9.17, 15) is 9.59 Å². The largest absolute Gasteiger partial charge is 0.398 e. The highest BCUT2D eigenvalue weighted by Gasteiger charge is 2.47. The number of quaternary nitrogens is 1. The van der Waals surface area contributed by atoms with Gasteiger partial charge in [0.1, 0.15) is 0 Å². The van der Waals surface area contributed by atoms with Crippen LogP contribution in [0.3, 0.4) is 0 Å². The van der Waals surface area contributed by atoms with Gasteiger partial charge in [-0.05, 0) is 27.2 Å². The smallest absolute Gasteiger partial charge is 0.240 e. The van der Waals surface area contributed by atoms with Crippen LogP contribution in [-0.2, 0) is 19.3 Å². The Hall–Kier alpha value is -2.40. The van der Waals surface area contributed by atoms with Gasteiger partial charge in [0.2, 0.25) is 0 Å². The first kappa shape index (κ1) is 29.6. The fraction of sp³-hybridized carbons (Fsp3) is 0.586. The molecule has 34 heavy (non-hydrogen) atoms. The first-order chi connectivity index (χ1) is 16.3. The zero-order chi connectivity index (χ0) is 25.4. The van der Waals surface area contributed by atoms with Crippen molar-refractivity contribution in [2.45, 2.75) is 104 Å². The van der Waals surface area contributed by atoms with Crippen molar-refractivity contribution >= 4 is 11.9 Å². The number of nitrogens with zero attached hydrogens (tertiary/aromatic N) is 1. The molecule has 0 saturated heterocycles. The van der Waals surface area contributed by atoms with E-state index in [-0.39, 0.29) is 23.7 Å². The molecule has 1 aromatic carbocycles. The fourth-order valence-corrected chi connectivity index (χ4v) is 4.02. The summed E-state index contributed by atoms with van der Waals surface area (Å²) in [6.45, 7) is 15.0. The van der Waals surface area contributed by atoms with E-state index in [2.05, 4.69) is 20.1 Å². The predicted molar refractivity (Wildman–Crippen MR) is 138 cm³/mol.